The summed E-state index contributed by atoms with van der Waals surface area (Å²) in [6, 6.07) is 6.48. The molecule has 92 valence electrons. The molecule has 0 atom stereocenters. The first-order valence-electron chi connectivity index (χ1n) is 5.13. The minimum absolute atomic E-state index is 0.214. The van der Waals surface area contributed by atoms with Crippen LogP contribution in [0.4, 0.5) is 11.6 Å². The van der Waals surface area contributed by atoms with Gasteiger partial charge in [-0.05, 0) is 24.3 Å². The van der Waals surface area contributed by atoms with Crippen molar-refractivity contribution < 1.29 is 4.79 Å². The van der Waals surface area contributed by atoms with Gasteiger partial charge in [-0.2, -0.15) is 0 Å². The molecule has 2 rings (SSSR count). The van der Waals surface area contributed by atoms with E-state index in [9.17, 15) is 4.79 Å². The maximum absolute atomic E-state index is 11.8. The van der Waals surface area contributed by atoms with Gasteiger partial charge in [0.25, 0.3) is 5.91 Å². The molecule has 18 heavy (non-hydrogen) atoms. The lowest BCUT2D eigenvalue weighted by molar-refractivity contribution is 0.102. The lowest BCUT2D eigenvalue weighted by Gasteiger charge is -2.03. The molecule has 0 unspecified atom stereocenters. The van der Waals surface area contributed by atoms with Crippen molar-refractivity contribution in [2.75, 3.05) is 17.7 Å². The highest BCUT2D eigenvalue weighted by molar-refractivity contribution is 6.30. The molecule has 2 heterocycles. The summed E-state index contributed by atoms with van der Waals surface area (Å²) in [4.78, 5) is 15.7. The Labute approximate surface area is 108 Å². The van der Waals surface area contributed by atoms with Gasteiger partial charge in [0.05, 0.1) is 5.02 Å². The van der Waals surface area contributed by atoms with E-state index < -0.39 is 0 Å². The van der Waals surface area contributed by atoms with Gasteiger partial charge in [0, 0.05) is 13.2 Å². The van der Waals surface area contributed by atoms with Crippen LogP contribution in [0.5, 0.6) is 0 Å². The van der Waals surface area contributed by atoms with E-state index in [0.29, 0.717) is 16.7 Å². The lowest BCUT2D eigenvalue weighted by Crippen LogP contribution is -2.15. The number of aromatic nitrogens is 3. The number of hydrogen-bond donors (Lipinski definition) is 2. The number of carbonyl (C=O) groups excluding carboxylic acids is 1. The maximum Gasteiger partial charge on any atom is 0.277 e. The topological polar surface area (TPSA) is 79.8 Å². The molecule has 0 aliphatic heterocycles. The first-order valence-corrected chi connectivity index (χ1v) is 5.51. The Kier molecular flexibility index (Phi) is 3.69. The Morgan fingerprint density at radius 1 is 1.17 bits per heavy atom. The third kappa shape index (κ3) is 2.92. The van der Waals surface area contributed by atoms with Gasteiger partial charge in [-0.25, -0.2) is 4.98 Å². The fourth-order valence-corrected chi connectivity index (χ4v) is 1.33. The summed E-state index contributed by atoms with van der Waals surface area (Å²) in [5, 5.41) is 13.5. The highest BCUT2D eigenvalue weighted by Crippen LogP contribution is 2.10. The highest BCUT2D eigenvalue weighted by Gasteiger charge is 2.08. The minimum Gasteiger partial charge on any atom is -0.372 e. The van der Waals surface area contributed by atoms with Gasteiger partial charge in [0.2, 0.25) is 0 Å². The van der Waals surface area contributed by atoms with Crippen LogP contribution in [0, 0.1) is 0 Å². The second kappa shape index (κ2) is 5.42. The van der Waals surface area contributed by atoms with Crippen LogP contribution in [-0.4, -0.2) is 28.1 Å². The van der Waals surface area contributed by atoms with Crippen molar-refractivity contribution in [3.8, 4) is 0 Å². The maximum atomic E-state index is 11.8. The molecule has 0 radical (unpaired) electrons. The normalized spacial score (nSPS) is 9.89. The van der Waals surface area contributed by atoms with Crippen LogP contribution in [0.2, 0.25) is 5.02 Å². The minimum atomic E-state index is -0.375. The van der Waals surface area contributed by atoms with E-state index in [1.165, 1.54) is 6.20 Å². The summed E-state index contributed by atoms with van der Waals surface area (Å²) in [6.45, 7) is 0. The van der Waals surface area contributed by atoms with Crippen LogP contribution in [-0.2, 0) is 0 Å². The van der Waals surface area contributed by atoms with E-state index in [1.54, 1.807) is 31.3 Å². The van der Waals surface area contributed by atoms with E-state index in [1.807, 2.05) is 0 Å². The molecule has 2 aromatic heterocycles. The second-order valence-corrected chi connectivity index (χ2v) is 3.81. The van der Waals surface area contributed by atoms with Crippen molar-refractivity contribution in [2.24, 2.45) is 0 Å². The average Bonchev–Trinajstić information content (AvgIpc) is 2.41. The van der Waals surface area contributed by atoms with Crippen molar-refractivity contribution in [2.45, 2.75) is 0 Å². The predicted octanol–water partition coefficient (Wildman–Crippen LogP) is 1.82. The van der Waals surface area contributed by atoms with Crippen LogP contribution in [0.1, 0.15) is 10.5 Å². The standard InChI is InChI=1S/C11H10ClN5O/c1-13-9-5-3-8(16-17-9)11(18)15-10-4-2-7(12)6-14-10/h2-6H,1H3,(H,13,17)(H,14,15,18). The van der Waals surface area contributed by atoms with Gasteiger partial charge in [-0.15, -0.1) is 10.2 Å². The summed E-state index contributed by atoms with van der Waals surface area (Å²) in [6.07, 6.45) is 1.45. The summed E-state index contributed by atoms with van der Waals surface area (Å²) in [5.74, 6) is 0.625. The molecule has 0 spiro atoms. The third-order valence-corrected chi connectivity index (χ3v) is 2.35. The number of halogens is 1. The molecular formula is C11H10ClN5O. The first kappa shape index (κ1) is 12.3. The van der Waals surface area contributed by atoms with Crippen molar-refractivity contribution in [1.82, 2.24) is 15.2 Å². The van der Waals surface area contributed by atoms with Crippen LogP contribution >= 0.6 is 11.6 Å². The Bertz CT molecular complexity index is 540. The molecule has 0 saturated carbocycles. The van der Waals surface area contributed by atoms with Crippen LogP contribution < -0.4 is 10.6 Å². The fraction of sp³-hybridized carbons (Fsp3) is 0.0909. The van der Waals surface area contributed by atoms with Crippen LogP contribution in [0.15, 0.2) is 30.5 Å². The number of rotatable bonds is 3. The van der Waals surface area contributed by atoms with Crippen LogP contribution in [0.3, 0.4) is 0 Å². The van der Waals surface area contributed by atoms with E-state index in [4.69, 9.17) is 11.6 Å². The first-order chi connectivity index (χ1) is 8.69. The molecule has 2 N–H and O–H groups in total. The average molecular weight is 264 g/mol. The van der Waals surface area contributed by atoms with Gasteiger partial charge < -0.3 is 10.6 Å². The zero-order valence-electron chi connectivity index (χ0n) is 9.51. The van der Waals surface area contributed by atoms with Crippen molar-refractivity contribution in [3.05, 3.63) is 41.2 Å². The largest absolute Gasteiger partial charge is 0.372 e. The molecule has 0 saturated heterocycles. The SMILES string of the molecule is CNc1ccc(C(=O)Nc2ccc(Cl)cn2)nn1. The molecule has 6 nitrogen and oxygen atoms in total. The fourth-order valence-electron chi connectivity index (χ4n) is 1.22. The van der Waals surface area contributed by atoms with E-state index in [0.717, 1.165) is 0 Å². The number of carbonyl (C=O) groups is 1. The van der Waals surface area contributed by atoms with Gasteiger partial charge in [-0.3, -0.25) is 4.79 Å². The summed E-state index contributed by atoms with van der Waals surface area (Å²) >= 11 is 5.69. The van der Waals surface area contributed by atoms with Gasteiger partial charge >= 0.3 is 0 Å². The summed E-state index contributed by atoms with van der Waals surface area (Å²) < 4.78 is 0. The Balaban J connectivity index is 2.09. The Morgan fingerprint density at radius 3 is 2.50 bits per heavy atom. The van der Waals surface area contributed by atoms with Crippen molar-refractivity contribution >= 4 is 29.1 Å². The second-order valence-electron chi connectivity index (χ2n) is 3.37. The Morgan fingerprint density at radius 2 is 1.94 bits per heavy atom. The van der Waals surface area contributed by atoms with E-state index in [-0.39, 0.29) is 11.6 Å². The summed E-state index contributed by atoms with van der Waals surface area (Å²) in [7, 11) is 1.72. The quantitative estimate of drug-likeness (QED) is 0.883. The molecular weight excluding hydrogens is 254 g/mol. The van der Waals surface area contributed by atoms with Crippen molar-refractivity contribution in [3.63, 3.8) is 0 Å². The number of nitrogens with zero attached hydrogens (tertiary/aromatic N) is 3. The predicted molar refractivity (Wildman–Crippen MR) is 68.8 cm³/mol. The zero-order valence-corrected chi connectivity index (χ0v) is 10.3. The number of nitrogens with one attached hydrogen (secondary N) is 2. The van der Waals surface area contributed by atoms with Gasteiger partial charge in [0.15, 0.2) is 5.69 Å². The number of amides is 1. The highest BCUT2D eigenvalue weighted by atomic mass is 35.5. The third-order valence-electron chi connectivity index (χ3n) is 2.12. The molecule has 2 aromatic rings. The molecule has 1 amide bonds. The Hall–Kier alpha value is -2.21. The molecule has 0 bridgehead atoms. The number of pyridine rings is 1. The van der Waals surface area contributed by atoms with Crippen molar-refractivity contribution in [1.29, 1.82) is 0 Å². The van der Waals surface area contributed by atoms with Crippen LogP contribution in [0.25, 0.3) is 0 Å². The molecule has 0 aliphatic rings. The monoisotopic (exact) mass is 263 g/mol. The molecule has 0 fully saturated rings. The van der Waals surface area contributed by atoms with E-state index >= 15 is 0 Å². The molecule has 7 heteroatoms. The lowest BCUT2D eigenvalue weighted by atomic mass is 10.3. The van der Waals surface area contributed by atoms with Gasteiger partial charge in [0.1, 0.15) is 11.6 Å². The molecule has 0 aliphatic carbocycles. The zero-order chi connectivity index (χ0) is 13.0. The number of hydrogen-bond acceptors (Lipinski definition) is 5. The van der Waals surface area contributed by atoms with E-state index in [2.05, 4.69) is 25.8 Å². The smallest absolute Gasteiger partial charge is 0.277 e. The summed E-state index contributed by atoms with van der Waals surface area (Å²) in [5.41, 5.74) is 0.214. The molecule has 0 aromatic carbocycles. The number of anilines is 2. The van der Waals surface area contributed by atoms with Gasteiger partial charge in [-0.1, -0.05) is 11.6 Å².